The van der Waals surface area contributed by atoms with Gasteiger partial charge in [0.2, 0.25) is 0 Å². The number of benzene rings is 2. The second kappa shape index (κ2) is 6.52. The minimum atomic E-state index is -0.235. The fourth-order valence-electron chi connectivity index (χ4n) is 2.01. The molecule has 0 spiro atoms. The number of amides is 1. The van der Waals surface area contributed by atoms with E-state index in [2.05, 4.69) is 48.8 Å². The Morgan fingerprint density at radius 3 is 2.77 bits per heavy atom. The SMILES string of the molecule is O=C1NC(c2cc(I)ccc2Cl)=NC1=Cc1ccccc1Br. The fourth-order valence-corrected chi connectivity index (χ4v) is 3.11. The summed E-state index contributed by atoms with van der Waals surface area (Å²) in [6.07, 6.45) is 1.74. The van der Waals surface area contributed by atoms with Crippen LogP contribution in [-0.4, -0.2) is 11.7 Å². The average molecular weight is 488 g/mol. The van der Waals surface area contributed by atoms with Gasteiger partial charge in [0.15, 0.2) is 0 Å². The molecule has 0 saturated heterocycles. The first-order valence-corrected chi connectivity index (χ1v) is 8.61. The Kier molecular flexibility index (Phi) is 4.65. The second-order valence-corrected chi connectivity index (χ2v) is 7.10. The van der Waals surface area contributed by atoms with Crippen LogP contribution in [0.5, 0.6) is 0 Å². The molecular weight excluding hydrogens is 478 g/mol. The highest BCUT2D eigenvalue weighted by molar-refractivity contribution is 14.1. The molecule has 0 atom stereocenters. The van der Waals surface area contributed by atoms with Crippen LogP contribution < -0.4 is 5.32 Å². The Hall–Kier alpha value is -1.18. The molecule has 22 heavy (non-hydrogen) atoms. The summed E-state index contributed by atoms with van der Waals surface area (Å²) in [4.78, 5) is 16.5. The third-order valence-electron chi connectivity index (χ3n) is 3.08. The summed E-state index contributed by atoms with van der Waals surface area (Å²) in [5, 5.41) is 3.32. The van der Waals surface area contributed by atoms with E-state index in [0.29, 0.717) is 16.6 Å². The molecule has 6 heteroatoms. The highest BCUT2D eigenvalue weighted by Crippen LogP contribution is 2.24. The molecule has 1 amide bonds. The highest BCUT2D eigenvalue weighted by atomic mass is 127. The second-order valence-electron chi connectivity index (χ2n) is 4.59. The van der Waals surface area contributed by atoms with Gasteiger partial charge in [0.05, 0.1) is 5.02 Å². The quantitative estimate of drug-likeness (QED) is 0.487. The van der Waals surface area contributed by atoms with Crippen LogP contribution in [0.3, 0.4) is 0 Å². The molecule has 3 rings (SSSR count). The van der Waals surface area contributed by atoms with Crippen molar-refractivity contribution in [1.82, 2.24) is 5.32 Å². The smallest absolute Gasteiger partial charge is 0.275 e. The Bertz CT molecular complexity index is 833. The monoisotopic (exact) mass is 486 g/mol. The number of nitrogens with zero attached hydrogens (tertiary/aromatic N) is 1. The lowest BCUT2D eigenvalue weighted by atomic mass is 10.2. The van der Waals surface area contributed by atoms with Crippen molar-refractivity contribution in [1.29, 1.82) is 0 Å². The molecule has 3 nitrogen and oxygen atoms in total. The first kappa shape index (κ1) is 15.7. The van der Waals surface area contributed by atoms with Crippen LogP contribution in [0.1, 0.15) is 11.1 Å². The van der Waals surface area contributed by atoms with Crippen LogP contribution in [0.2, 0.25) is 5.02 Å². The van der Waals surface area contributed by atoms with Crippen molar-refractivity contribution < 1.29 is 4.79 Å². The van der Waals surface area contributed by atoms with E-state index < -0.39 is 0 Å². The van der Waals surface area contributed by atoms with Crippen molar-refractivity contribution >= 4 is 67.9 Å². The maximum absolute atomic E-state index is 12.1. The van der Waals surface area contributed by atoms with Gasteiger partial charge in [-0.15, -0.1) is 0 Å². The number of aliphatic imine (C=N–C) groups is 1. The zero-order chi connectivity index (χ0) is 15.7. The van der Waals surface area contributed by atoms with Gasteiger partial charge >= 0.3 is 0 Å². The van der Waals surface area contributed by atoms with E-state index in [-0.39, 0.29) is 5.91 Å². The van der Waals surface area contributed by atoms with Crippen molar-refractivity contribution in [3.63, 3.8) is 0 Å². The van der Waals surface area contributed by atoms with Crippen LogP contribution in [-0.2, 0) is 4.79 Å². The molecule has 2 aromatic rings. The van der Waals surface area contributed by atoms with Crippen LogP contribution in [0, 0.1) is 3.57 Å². The Morgan fingerprint density at radius 2 is 2.00 bits per heavy atom. The number of halogens is 3. The van der Waals surface area contributed by atoms with E-state index in [1.807, 2.05) is 36.4 Å². The minimum Gasteiger partial charge on any atom is -0.305 e. The first-order valence-electron chi connectivity index (χ1n) is 6.36. The Morgan fingerprint density at radius 1 is 1.23 bits per heavy atom. The summed E-state index contributed by atoms with van der Waals surface area (Å²) >= 11 is 11.8. The van der Waals surface area contributed by atoms with E-state index >= 15 is 0 Å². The van der Waals surface area contributed by atoms with Gasteiger partial charge in [-0.3, -0.25) is 4.79 Å². The Labute approximate surface area is 154 Å². The maximum atomic E-state index is 12.1. The minimum absolute atomic E-state index is 0.235. The first-order chi connectivity index (χ1) is 10.5. The molecule has 0 aliphatic carbocycles. The molecule has 0 aromatic heterocycles. The average Bonchev–Trinajstić information content (AvgIpc) is 2.85. The van der Waals surface area contributed by atoms with Crippen molar-refractivity contribution in [2.75, 3.05) is 0 Å². The number of nitrogens with one attached hydrogen (secondary N) is 1. The van der Waals surface area contributed by atoms with E-state index in [1.165, 1.54) is 0 Å². The topological polar surface area (TPSA) is 41.5 Å². The van der Waals surface area contributed by atoms with E-state index in [9.17, 15) is 4.79 Å². The highest BCUT2D eigenvalue weighted by Gasteiger charge is 2.23. The molecule has 1 aliphatic rings. The summed E-state index contributed by atoms with van der Waals surface area (Å²) in [7, 11) is 0. The summed E-state index contributed by atoms with van der Waals surface area (Å²) in [5.74, 6) is 0.243. The van der Waals surface area contributed by atoms with Crippen molar-refractivity contribution in [3.05, 3.63) is 72.4 Å². The lowest BCUT2D eigenvalue weighted by molar-refractivity contribution is -0.115. The summed E-state index contributed by atoms with van der Waals surface area (Å²) in [6.45, 7) is 0. The molecule has 1 N–H and O–H groups in total. The molecule has 0 saturated carbocycles. The number of carbonyl (C=O) groups excluding carboxylic acids is 1. The van der Waals surface area contributed by atoms with Gasteiger partial charge in [0.25, 0.3) is 5.91 Å². The predicted octanol–water partition coefficient (Wildman–Crippen LogP) is 4.62. The van der Waals surface area contributed by atoms with Crippen molar-refractivity contribution in [3.8, 4) is 0 Å². The fraction of sp³-hybridized carbons (Fsp3) is 0. The van der Waals surface area contributed by atoms with Crippen molar-refractivity contribution in [2.24, 2.45) is 4.99 Å². The van der Waals surface area contributed by atoms with Gasteiger partial charge in [0.1, 0.15) is 11.5 Å². The largest absolute Gasteiger partial charge is 0.305 e. The van der Waals surface area contributed by atoms with Gasteiger partial charge < -0.3 is 5.32 Å². The molecule has 1 heterocycles. The Balaban J connectivity index is 2.02. The molecular formula is C16H9BrClIN2O. The maximum Gasteiger partial charge on any atom is 0.275 e. The number of rotatable bonds is 2. The molecule has 110 valence electrons. The number of amidine groups is 1. The van der Waals surface area contributed by atoms with Crippen molar-refractivity contribution in [2.45, 2.75) is 0 Å². The van der Waals surface area contributed by atoms with E-state index in [1.54, 1.807) is 12.1 Å². The third kappa shape index (κ3) is 3.26. The van der Waals surface area contributed by atoms with Crippen LogP contribution in [0.15, 0.2) is 57.6 Å². The number of carbonyl (C=O) groups is 1. The predicted molar refractivity (Wildman–Crippen MR) is 101 cm³/mol. The number of hydrogen-bond acceptors (Lipinski definition) is 2. The van der Waals surface area contributed by atoms with E-state index in [0.717, 1.165) is 19.2 Å². The number of hydrogen-bond donors (Lipinski definition) is 1. The molecule has 0 fully saturated rings. The lowest BCUT2D eigenvalue weighted by Gasteiger charge is -2.03. The third-order valence-corrected chi connectivity index (χ3v) is 4.80. The van der Waals surface area contributed by atoms with Gasteiger partial charge in [-0.2, -0.15) is 0 Å². The van der Waals surface area contributed by atoms with Gasteiger partial charge in [-0.1, -0.05) is 45.7 Å². The standard InChI is InChI=1S/C16H9BrClIN2O/c17-12-4-2-1-3-9(12)7-14-16(22)21-15(20-14)11-8-10(19)5-6-13(11)18/h1-8H,(H,20,21,22). The molecule has 0 radical (unpaired) electrons. The van der Waals surface area contributed by atoms with E-state index in [4.69, 9.17) is 11.6 Å². The molecule has 0 bridgehead atoms. The molecule has 0 unspecified atom stereocenters. The van der Waals surface area contributed by atoms with Gasteiger partial charge in [-0.05, 0) is 58.5 Å². The van der Waals surface area contributed by atoms with Crippen LogP contribution in [0.25, 0.3) is 6.08 Å². The normalized spacial score (nSPS) is 15.9. The summed E-state index contributed by atoms with van der Waals surface area (Å²) < 4.78 is 1.93. The molecule has 1 aliphatic heterocycles. The zero-order valence-corrected chi connectivity index (χ0v) is 15.6. The summed E-state index contributed by atoms with van der Waals surface area (Å²) in [6, 6.07) is 13.2. The van der Waals surface area contributed by atoms with Gasteiger partial charge in [-0.25, -0.2) is 4.99 Å². The summed E-state index contributed by atoms with van der Waals surface area (Å²) in [5.41, 5.74) is 1.97. The zero-order valence-electron chi connectivity index (χ0n) is 11.1. The lowest BCUT2D eigenvalue weighted by Crippen LogP contribution is -2.25. The van der Waals surface area contributed by atoms with Crippen LogP contribution >= 0.6 is 50.1 Å². The van der Waals surface area contributed by atoms with Crippen LogP contribution in [0.4, 0.5) is 0 Å². The molecule has 2 aromatic carbocycles. The van der Waals surface area contributed by atoms with Gasteiger partial charge in [0, 0.05) is 13.6 Å².